The Hall–Kier alpha value is -2.37. The lowest BCUT2D eigenvalue weighted by Crippen LogP contribution is -2.50. The maximum atomic E-state index is 13.0. The number of imide groups is 1. The van der Waals surface area contributed by atoms with Crippen molar-refractivity contribution in [3.05, 3.63) is 35.4 Å². The number of amides is 3. The molecule has 3 amide bonds. The molecule has 2 fully saturated rings. The molecule has 1 aromatic carbocycles. The molecular weight excluding hydrogens is 320 g/mol. The summed E-state index contributed by atoms with van der Waals surface area (Å²) < 4.78 is 5.00. The third kappa shape index (κ3) is 2.12. The van der Waals surface area contributed by atoms with Gasteiger partial charge < -0.3 is 4.74 Å². The highest BCUT2D eigenvalue weighted by Crippen LogP contribution is 2.46. The summed E-state index contributed by atoms with van der Waals surface area (Å²) in [5.74, 6) is -0.339. The van der Waals surface area contributed by atoms with E-state index in [4.69, 9.17) is 4.74 Å². The maximum Gasteiger partial charge on any atom is 0.410 e. The first kappa shape index (κ1) is 16.1. The Labute approximate surface area is 146 Å². The van der Waals surface area contributed by atoms with Crippen LogP contribution < -0.4 is 0 Å². The van der Waals surface area contributed by atoms with Crippen molar-refractivity contribution >= 4 is 17.9 Å². The highest BCUT2D eigenvalue weighted by molar-refractivity contribution is 6.21. The van der Waals surface area contributed by atoms with Crippen molar-refractivity contribution in [1.29, 1.82) is 0 Å². The van der Waals surface area contributed by atoms with Gasteiger partial charge in [0.15, 0.2) is 0 Å². The van der Waals surface area contributed by atoms with Gasteiger partial charge in [-0.15, -0.1) is 0 Å². The fourth-order valence-corrected chi connectivity index (χ4v) is 5.07. The van der Waals surface area contributed by atoms with Gasteiger partial charge in [0.1, 0.15) is 0 Å². The van der Waals surface area contributed by atoms with Gasteiger partial charge >= 0.3 is 6.09 Å². The summed E-state index contributed by atoms with van der Waals surface area (Å²) in [5, 5.41) is 0. The van der Waals surface area contributed by atoms with Gasteiger partial charge in [-0.05, 0) is 31.4 Å². The van der Waals surface area contributed by atoms with Crippen molar-refractivity contribution < 1.29 is 19.1 Å². The van der Waals surface area contributed by atoms with Gasteiger partial charge in [-0.3, -0.25) is 19.4 Å². The summed E-state index contributed by atoms with van der Waals surface area (Å²) in [6, 6.07) is 6.54. The molecule has 25 heavy (non-hydrogen) atoms. The lowest BCUT2D eigenvalue weighted by molar-refractivity contribution is 0.0490. The van der Waals surface area contributed by atoms with Gasteiger partial charge in [0.05, 0.1) is 30.3 Å². The monoisotopic (exact) mass is 342 g/mol. The van der Waals surface area contributed by atoms with Crippen LogP contribution in [0.4, 0.5) is 4.79 Å². The number of hydrogen-bond donors (Lipinski definition) is 0. The zero-order valence-corrected chi connectivity index (χ0v) is 14.5. The maximum absolute atomic E-state index is 13.0. The number of rotatable bonds is 2. The Bertz CT molecular complexity index is 712. The number of nitrogens with zero attached hydrogens (tertiary/aromatic N) is 2. The molecule has 0 spiro atoms. The van der Waals surface area contributed by atoms with Gasteiger partial charge in [-0.1, -0.05) is 25.5 Å². The molecule has 2 aliphatic heterocycles. The number of benzene rings is 1. The number of carbonyl (C=O) groups is 3. The van der Waals surface area contributed by atoms with Crippen LogP contribution in [0.15, 0.2) is 24.3 Å². The first-order chi connectivity index (χ1) is 12.1. The quantitative estimate of drug-likeness (QED) is 0.775. The number of hydrogen-bond acceptors (Lipinski definition) is 4. The Kier molecular flexibility index (Phi) is 3.78. The zero-order chi connectivity index (χ0) is 17.7. The summed E-state index contributed by atoms with van der Waals surface area (Å²) in [5.41, 5.74) is 0.932. The summed E-state index contributed by atoms with van der Waals surface area (Å²) in [6.07, 6.45) is 3.14. The minimum absolute atomic E-state index is 0.0479. The van der Waals surface area contributed by atoms with E-state index >= 15 is 0 Å². The number of carbonyl (C=O) groups excluding carboxylic acids is 3. The second-order valence-electron chi connectivity index (χ2n) is 7.03. The molecule has 0 bridgehead atoms. The smallest absolute Gasteiger partial charge is 0.410 e. The SMILES string of the molecule is CC[C@H]1[C@@H](N2C(=O)c3ccccc3C2=O)[C@H]2CCC[C@H]2N1C(=O)OC. The third-order valence-corrected chi connectivity index (χ3v) is 6.01. The molecule has 0 N–H and O–H groups in total. The van der Waals surface area contributed by atoms with Gasteiger partial charge in [-0.25, -0.2) is 4.79 Å². The molecule has 1 saturated carbocycles. The highest BCUT2D eigenvalue weighted by atomic mass is 16.5. The molecule has 1 saturated heterocycles. The third-order valence-electron chi connectivity index (χ3n) is 6.01. The van der Waals surface area contributed by atoms with Crippen LogP contribution in [0.3, 0.4) is 0 Å². The van der Waals surface area contributed by atoms with E-state index in [-0.39, 0.29) is 42.0 Å². The van der Waals surface area contributed by atoms with Crippen LogP contribution in [-0.4, -0.2) is 52.9 Å². The predicted octanol–water partition coefficient (Wildman–Crippen LogP) is 2.68. The minimum Gasteiger partial charge on any atom is -0.453 e. The van der Waals surface area contributed by atoms with E-state index in [1.807, 2.05) is 6.92 Å². The molecular formula is C19H22N2O4. The lowest BCUT2D eigenvalue weighted by atomic mass is 9.92. The fourth-order valence-electron chi connectivity index (χ4n) is 5.07. The number of ether oxygens (including phenoxy) is 1. The molecule has 4 atom stereocenters. The molecule has 1 aliphatic carbocycles. The van der Waals surface area contributed by atoms with Crippen LogP contribution in [-0.2, 0) is 4.74 Å². The van der Waals surface area contributed by atoms with Crippen LogP contribution >= 0.6 is 0 Å². The van der Waals surface area contributed by atoms with E-state index in [1.54, 1.807) is 29.2 Å². The van der Waals surface area contributed by atoms with Crippen molar-refractivity contribution in [2.75, 3.05) is 7.11 Å². The van der Waals surface area contributed by atoms with E-state index in [2.05, 4.69) is 0 Å². The Morgan fingerprint density at radius 2 is 1.80 bits per heavy atom. The molecule has 4 rings (SSSR count). The Morgan fingerprint density at radius 1 is 1.16 bits per heavy atom. The Balaban J connectivity index is 1.76. The van der Waals surface area contributed by atoms with Crippen LogP contribution in [0.1, 0.15) is 53.3 Å². The second kappa shape index (κ2) is 5.86. The zero-order valence-electron chi connectivity index (χ0n) is 14.5. The van der Waals surface area contributed by atoms with E-state index in [9.17, 15) is 14.4 Å². The molecule has 2 heterocycles. The fraction of sp³-hybridized carbons (Fsp3) is 0.526. The predicted molar refractivity (Wildman–Crippen MR) is 90.2 cm³/mol. The molecule has 3 aliphatic rings. The minimum atomic E-state index is -0.358. The summed E-state index contributed by atoms with van der Waals surface area (Å²) in [7, 11) is 1.38. The number of likely N-dealkylation sites (tertiary alicyclic amines) is 1. The Morgan fingerprint density at radius 3 is 2.36 bits per heavy atom. The molecule has 0 radical (unpaired) electrons. The lowest BCUT2D eigenvalue weighted by Gasteiger charge is -2.33. The van der Waals surface area contributed by atoms with Crippen molar-refractivity contribution in [1.82, 2.24) is 9.80 Å². The molecule has 6 heteroatoms. The normalized spacial score (nSPS) is 30.6. The standard InChI is InChI=1S/C19H22N2O4/c1-3-14-16(13-9-6-10-15(13)20(14)19(24)25-2)21-17(22)11-7-4-5-8-12(11)18(21)23/h4-5,7-8,13-16H,3,6,9-10H2,1-2H3/t13-,14-,15+,16-/m0/s1. The summed E-state index contributed by atoms with van der Waals surface area (Å²) in [6.45, 7) is 1.99. The van der Waals surface area contributed by atoms with Crippen LogP contribution in [0.2, 0.25) is 0 Å². The van der Waals surface area contributed by atoms with Crippen LogP contribution in [0, 0.1) is 5.92 Å². The number of fused-ring (bicyclic) bond motifs is 2. The van der Waals surface area contributed by atoms with Crippen molar-refractivity contribution in [2.24, 2.45) is 5.92 Å². The van der Waals surface area contributed by atoms with Crippen LogP contribution in [0.25, 0.3) is 0 Å². The van der Waals surface area contributed by atoms with Gasteiger partial charge in [-0.2, -0.15) is 0 Å². The van der Waals surface area contributed by atoms with Gasteiger partial charge in [0.25, 0.3) is 11.8 Å². The summed E-state index contributed by atoms with van der Waals surface area (Å²) >= 11 is 0. The average molecular weight is 342 g/mol. The number of methoxy groups -OCH3 is 1. The van der Waals surface area contributed by atoms with Crippen molar-refractivity contribution in [2.45, 2.75) is 50.7 Å². The van der Waals surface area contributed by atoms with E-state index in [0.717, 1.165) is 19.3 Å². The first-order valence-electron chi connectivity index (χ1n) is 8.93. The molecule has 0 aromatic heterocycles. The van der Waals surface area contributed by atoms with E-state index in [0.29, 0.717) is 17.5 Å². The van der Waals surface area contributed by atoms with E-state index < -0.39 is 0 Å². The van der Waals surface area contributed by atoms with E-state index in [1.165, 1.54) is 12.0 Å². The van der Waals surface area contributed by atoms with Gasteiger partial charge in [0.2, 0.25) is 0 Å². The largest absolute Gasteiger partial charge is 0.453 e. The second-order valence-corrected chi connectivity index (χ2v) is 7.03. The molecule has 132 valence electrons. The first-order valence-corrected chi connectivity index (χ1v) is 8.93. The molecule has 1 aromatic rings. The average Bonchev–Trinajstić information content (AvgIpc) is 3.27. The van der Waals surface area contributed by atoms with Crippen molar-refractivity contribution in [3.63, 3.8) is 0 Å². The summed E-state index contributed by atoms with van der Waals surface area (Å²) in [4.78, 5) is 41.5. The molecule has 6 nitrogen and oxygen atoms in total. The van der Waals surface area contributed by atoms with Crippen LogP contribution in [0.5, 0.6) is 0 Å². The topological polar surface area (TPSA) is 66.9 Å². The van der Waals surface area contributed by atoms with Gasteiger partial charge in [0, 0.05) is 12.0 Å². The molecule has 0 unspecified atom stereocenters. The highest BCUT2D eigenvalue weighted by Gasteiger charge is 2.57. The van der Waals surface area contributed by atoms with Crippen molar-refractivity contribution in [3.8, 4) is 0 Å².